The van der Waals surface area contributed by atoms with Gasteiger partial charge in [0.05, 0.1) is 6.10 Å². The quantitative estimate of drug-likeness (QED) is 0.755. The Kier molecular flexibility index (Phi) is 4.90. The summed E-state index contributed by atoms with van der Waals surface area (Å²) >= 11 is 0. The molecular weight excluding hydrogens is 174 g/mol. The Morgan fingerprint density at radius 2 is 1.86 bits per heavy atom. The monoisotopic (exact) mass is 199 g/mol. The molecule has 0 aromatic carbocycles. The molecule has 2 nitrogen and oxygen atoms in total. The first-order chi connectivity index (χ1) is 6.63. The summed E-state index contributed by atoms with van der Waals surface area (Å²) in [6, 6.07) is 0.345. The number of methoxy groups -OCH3 is 1. The smallest absolute Gasteiger partial charge is 0.0558 e. The van der Waals surface area contributed by atoms with E-state index < -0.39 is 0 Å². The highest BCUT2D eigenvalue weighted by Gasteiger charge is 2.24. The minimum Gasteiger partial charge on any atom is -0.382 e. The Morgan fingerprint density at radius 3 is 2.36 bits per heavy atom. The lowest BCUT2D eigenvalue weighted by Crippen LogP contribution is -2.35. The topological polar surface area (TPSA) is 35.2 Å². The van der Waals surface area contributed by atoms with Crippen LogP contribution in [0.25, 0.3) is 0 Å². The van der Waals surface area contributed by atoms with Crippen LogP contribution in [0.1, 0.15) is 46.0 Å². The number of hydrogen-bond acceptors (Lipinski definition) is 2. The summed E-state index contributed by atoms with van der Waals surface area (Å²) < 4.78 is 5.25. The van der Waals surface area contributed by atoms with Gasteiger partial charge in [-0.15, -0.1) is 0 Å². The van der Waals surface area contributed by atoms with Crippen molar-refractivity contribution in [1.29, 1.82) is 0 Å². The van der Waals surface area contributed by atoms with Gasteiger partial charge in [0.2, 0.25) is 0 Å². The molecule has 1 rings (SSSR count). The number of hydrogen-bond donors (Lipinski definition) is 1. The van der Waals surface area contributed by atoms with Gasteiger partial charge in [0.25, 0.3) is 0 Å². The maximum Gasteiger partial charge on any atom is 0.0558 e. The molecule has 2 atom stereocenters. The zero-order chi connectivity index (χ0) is 10.6. The number of rotatable bonds is 4. The van der Waals surface area contributed by atoms with E-state index >= 15 is 0 Å². The summed E-state index contributed by atoms with van der Waals surface area (Å²) in [5.74, 6) is 1.65. The van der Waals surface area contributed by atoms with Gasteiger partial charge in [-0.3, -0.25) is 0 Å². The minimum atomic E-state index is 0.310. The van der Waals surface area contributed by atoms with Gasteiger partial charge in [0.15, 0.2) is 0 Å². The van der Waals surface area contributed by atoms with Gasteiger partial charge in [0, 0.05) is 13.2 Å². The van der Waals surface area contributed by atoms with Crippen molar-refractivity contribution in [2.75, 3.05) is 7.11 Å². The molecule has 1 aliphatic rings. The molecule has 2 N–H and O–H groups in total. The third-order valence-electron chi connectivity index (χ3n) is 3.67. The van der Waals surface area contributed by atoms with Crippen molar-refractivity contribution in [1.82, 2.24) is 0 Å². The van der Waals surface area contributed by atoms with Crippen LogP contribution >= 0.6 is 0 Å². The average Bonchev–Trinajstić information content (AvgIpc) is 2.18. The van der Waals surface area contributed by atoms with Crippen molar-refractivity contribution in [3.63, 3.8) is 0 Å². The Morgan fingerprint density at radius 1 is 1.29 bits per heavy atom. The standard InChI is InChI=1S/C12H25NO/c1-9-4-6-11(7-5-9)12(13)8-10(2)14-3/h9-12H,4-8,13H2,1-3H3. The molecule has 0 radical (unpaired) electrons. The maximum atomic E-state index is 6.19. The van der Waals surface area contributed by atoms with Gasteiger partial charge in [-0.05, 0) is 38.0 Å². The van der Waals surface area contributed by atoms with Crippen molar-refractivity contribution in [3.05, 3.63) is 0 Å². The van der Waals surface area contributed by atoms with Crippen LogP contribution in [-0.2, 0) is 4.74 Å². The largest absolute Gasteiger partial charge is 0.382 e. The molecule has 0 aliphatic heterocycles. The van der Waals surface area contributed by atoms with E-state index in [9.17, 15) is 0 Å². The first-order valence-corrected chi connectivity index (χ1v) is 5.91. The molecule has 0 saturated heterocycles. The summed E-state index contributed by atoms with van der Waals surface area (Å²) in [5.41, 5.74) is 6.19. The van der Waals surface area contributed by atoms with Gasteiger partial charge in [-0.1, -0.05) is 19.8 Å². The molecule has 1 aliphatic carbocycles. The highest BCUT2D eigenvalue weighted by Crippen LogP contribution is 2.31. The summed E-state index contributed by atoms with van der Waals surface area (Å²) in [6.45, 7) is 4.45. The highest BCUT2D eigenvalue weighted by molar-refractivity contribution is 4.79. The zero-order valence-electron chi connectivity index (χ0n) is 9.83. The van der Waals surface area contributed by atoms with Crippen LogP contribution in [0.15, 0.2) is 0 Å². The average molecular weight is 199 g/mol. The number of nitrogens with two attached hydrogens (primary N) is 1. The third kappa shape index (κ3) is 3.58. The Balaban J connectivity index is 2.26. The predicted molar refractivity (Wildman–Crippen MR) is 60.2 cm³/mol. The first-order valence-electron chi connectivity index (χ1n) is 5.91. The first kappa shape index (κ1) is 12.0. The summed E-state index contributed by atoms with van der Waals surface area (Å²) in [6.07, 6.45) is 6.68. The molecule has 84 valence electrons. The molecule has 0 heterocycles. The van der Waals surface area contributed by atoms with E-state index in [2.05, 4.69) is 13.8 Å². The highest BCUT2D eigenvalue weighted by atomic mass is 16.5. The van der Waals surface area contributed by atoms with Crippen LogP contribution in [0.2, 0.25) is 0 Å². The fourth-order valence-corrected chi connectivity index (χ4v) is 2.39. The summed E-state index contributed by atoms with van der Waals surface area (Å²) in [7, 11) is 1.76. The molecule has 0 bridgehead atoms. The molecule has 0 amide bonds. The lowest BCUT2D eigenvalue weighted by Gasteiger charge is -2.31. The number of ether oxygens (including phenoxy) is 1. The van der Waals surface area contributed by atoms with Gasteiger partial charge in [0.1, 0.15) is 0 Å². The molecule has 1 saturated carbocycles. The molecule has 0 spiro atoms. The molecule has 14 heavy (non-hydrogen) atoms. The lowest BCUT2D eigenvalue weighted by atomic mass is 9.78. The fraction of sp³-hybridized carbons (Fsp3) is 1.00. The Bertz CT molecular complexity index is 152. The van der Waals surface area contributed by atoms with E-state index in [1.807, 2.05) is 0 Å². The van der Waals surface area contributed by atoms with E-state index in [-0.39, 0.29) is 0 Å². The van der Waals surface area contributed by atoms with Crippen LogP contribution in [0.3, 0.4) is 0 Å². The third-order valence-corrected chi connectivity index (χ3v) is 3.67. The fourth-order valence-electron chi connectivity index (χ4n) is 2.39. The van der Waals surface area contributed by atoms with Gasteiger partial charge < -0.3 is 10.5 Å². The zero-order valence-corrected chi connectivity index (χ0v) is 9.83. The van der Waals surface area contributed by atoms with Crippen molar-refractivity contribution >= 4 is 0 Å². The van der Waals surface area contributed by atoms with E-state index in [0.717, 1.165) is 18.3 Å². The maximum absolute atomic E-state index is 6.19. The van der Waals surface area contributed by atoms with E-state index in [4.69, 9.17) is 10.5 Å². The lowest BCUT2D eigenvalue weighted by molar-refractivity contribution is 0.0924. The van der Waals surface area contributed by atoms with Gasteiger partial charge >= 0.3 is 0 Å². The second-order valence-corrected chi connectivity index (χ2v) is 4.97. The Labute approximate surface area is 88.2 Å². The van der Waals surface area contributed by atoms with Gasteiger partial charge in [-0.25, -0.2) is 0 Å². The van der Waals surface area contributed by atoms with Crippen LogP contribution in [0, 0.1) is 11.8 Å². The SMILES string of the molecule is COC(C)CC(N)C1CCC(C)CC1. The van der Waals surface area contributed by atoms with Crippen molar-refractivity contribution in [2.45, 2.75) is 58.1 Å². The van der Waals surface area contributed by atoms with Crippen molar-refractivity contribution in [2.24, 2.45) is 17.6 Å². The second-order valence-electron chi connectivity index (χ2n) is 4.97. The molecule has 1 fully saturated rings. The summed E-state index contributed by atoms with van der Waals surface area (Å²) in [4.78, 5) is 0. The van der Waals surface area contributed by atoms with E-state index in [1.54, 1.807) is 7.11 Å². The van der Waals surface area contributed by atoms with Crippen molar-refractivity contribution < 1.29 is 4.74 Å². The van der Waals surface area contributed by atoms with Crippen LogP contribution < -0.4 is 5.73 Å². The van der Waals surface area contributed by atoms with Crippen LogP contribution in [-0.4, -0.2) is 19.3 Å². The van der Waals surface area contributed by atoms with Crippen LogP contribution in [0.5, 0.6) is 0 Å². The van der Waals surface area contributed by atoms with Gasteiger partial charge in [-0.2, -0.15) is 0 Å². The second kappa shape index (κ2) is 5.72. The van der Waals surface area contributed by atoms with E-state index in [0.29, 0.717) is 12.1 Å². The molecule has 2 unspecified atom stereocenters. The molecular formula is C12H25NO. The van der Waals surface area contributed by atoms with E-state index in [1.165, 1.54) is 25.7 Å². The normalized spacial score (nSPS) is 32.6. The molecule has 0 aromatic heterocycles. The molecule has 2 heteroatoms. The minimum absolute atomic E-state index is 0.310. The van der Waals surface area contributed by atoms with Crippen molar-refractivity contribution in [3.8, 4) is 0 Å². The summed E-state index contributed by atoms with van der Waals surface area (Å²) in [5, 5.41) is 0. The van der Waals surface area contributed by atoms with Crippen LogP contribution in [0.4, 0.5) is 0 Å². The predicted octanol–water partition coefficient (Wildman–Crippen LogP) is 2.57. The molecule has 0 aromatic rings. The Hall–Kier alpha value is -0.0800.